The van der Waals surface area contributed by atoms with Gasteiger partial charge in [-0.05, 0) is 30.7 Å². The molecule has 3 aliphatic rings. The van der Waals surface area contributed by atoms with E-state index < -0.39 is 0 Å². The topological polar surface area (TPSA) is 70.5 Å². The summed E-state index contributed by atoms with van der Waals surface area (Å²) in [4.78, 5) is 28.3. The van der Waals surface area contributed by atoms with Crippen LogP contribution in [0.3, 0.4) is 0 Å². The lowest BCUT2D eigenvalue weighted by Gasteiger charge is -2.36. The molecule has 1 saturated carbocycles. The van der Waals surface area contributed by atoms with E-state index in [1.165, 1.54) is 5.56 Å². The van der Waals surface area contributed by atoms with Crippen LogP contribution in [0.25, 0.3) is 0 Å². The van der Waals surface area contributed by atoms with Crippen LogP contribution in [0.15, 0.2) is 12.4 Å². The maximum absolute atomic E-state index is 12.6. The number of amides is 3. The standard InChI is InChI=1S/C16H23N5O2/c1-19-10-11(9-18-19)13-8-14(13)15(22)20-5-2-12(3-6-20)21-7-4-17-16(21)23/h9-10,12-14H,2-8H2,1H3,(H,17,23)/t13-,14-/m1/s1. The highest BCUT2D eigenvalue weighted by Gasteiger charge is 2.47. The Morgan fingerprint density at radius 1 is 1.30 bits per heavy atom. The van der Waals surface area contributed by atoms with Crippen LogP contribution >= 0.6 is 0 Å². The third-order valence-corrected chi connectivity index (χ3v) is 5.37. The third-order valence-electron chi connectivity index (χ3n) is 5.37. The van der Waals surface area contributed by atoms with Crippen LogP contribution in [0.4, 0.5) is 4.79 Å². The Kier molecular flexibility index (Phi) is 3.50. The molecule has 3 heterocycles. The minimum absolute atomic E-state index is 0.0496. The van der Waals surface area contributed by atoms with Crippen LogP contribution in [-0.4, -0.2) is 63.7 Å². The molecule has 0 bridgehead atoms. The summed E-state index contributed by atoms with van der Waals surface area (Å²) in [6.45, 7) is 3.07. The number of hydrogen-bond donors (Lipinski definition) is 1. The maximum Gasteiger partial charge on any atom is 0.317 e. The van der Waals surface area contributed by atoms with E-state index in [2.05, 4.69) is 10.4 Å². The Labute approximate surface area is 135 Å². The van der Waals surface area contributed by atoms with Gasteiger partial charge in [-0.2, -0.15) is 5.10 Å². The van der Waals surface area contributed by atoms with Crippen molar-refractivity contribution in [1.29, 1.82) is 0 Å². The lowest BCUT2D eigenvalue weighted by Crippen LogP contribution is -2.48. The van der Waals surface area contributed by atoms with Gasteiger partial charge in [-0.15, -0.1) is 0 Å². The monoisotopic (exact) mass is 317 g/mol. The molecule has 1 aromatic heterocycles. The number of hydrogen-bond acceptors (Lipinski definition) is 3. The molecule has 1 aliphatic carbocycles. The van der Waals surface area contributed by atoms with Crippen molar-refractivity contribution in [3.63, 3.8) is 0 Å². The number of aromatic nitrogens is 2. The van der Waals surface area contributed by atoms with Crippen LogP contribution in [-0.2, 0) is 11.8 Å². The fourth-order valence-electron chi connectivity index (χ4n) is 3.94. The number of nitrogens with one attached hydrogen (secondary N) is 1. The number of rotatable bonds is 3. The van der Waals surface area contributed by atoms with Gasteiger partial charge in [-0.1, -0.05) is 0 Å². The predicted octanol–water partition coefficient (Wildman–Crippen LogP) is 0.540. The predicted molar refractivity (Wildman–Crippen MR) is 83.8 cm³/mol. The average molecular weight is 317 g/mol. The minimum Gasteiger partial charge on any atom is -0.342 e. The van der Waals surface area contributed by atoms with E-state index in [-0.39, 0.29) is 23.9 Å². The zero-order valence-corrected chi connectivity index (χ0v) is 13.4. The second-order valence-electron chi connectivity index (χ2n) is 6.88. The van der Waals surface area contributed by atoms with Crippen LogP contribution in [0.5, 0.6) is 0 Å². The number of aryl methyl sites for hydroxylation is 1. The molecule has 0 unspecified atom stereocenters. The Morgan fingerprint density at radius 2 is 2.09 bits per heavy atom. The van der Waals surface area contributed by atoms with Crippen molar-refractivity contribution in [2.45, 2.75) is 31.2 Å². The quantitative estimate of drug-likeness (QED) is 0.884. The first-order valence-electron chi connectivity index (χ1n) is 8.45. The van der Waals surface area contributed by atoms with Gasteiger partial charge < -0.3 is 15.1 Å². The molecule has 2 saturated heterocycles. The van der Waals surface area contributed by atoms with E-state index in [9.17, 15) is 9.59 Å². The summed E-state index contributed by atoms with van der Waals surface area (Å²) in [5.74, 6) is 0.757. The van der Waals surface area contributed by atoms with E-state index >= 15 is 0 Å². The minimum atomic E-state index is 0.0496. The molecule has 1 aromatic rings. The van der Waals surface area contributed by atoms with Gasteiger partial charge in [0, 0.05) is 51.4 Å². The number of carbonyl (C=O) groups excluding carboxylic acids is 2. The summed E-state index contributed by atoms with van der Waals surface area (Å²) < 4.78 is 1.79. The largest absolute Gasteiger partial charge is 0.342 e. The average Bonchev–Trinajstić information content (AvgIpc) is 3.06. The summed E-state index contributed by atoms with van der Waals surface area (Å²) in [6, 6.07) is 0.337. The summed E-state index contributed by atoms with van der Waals surface area (Å²) in [5.41, 5.74) is 1.18. The van der Waals surface area contributed by atoms with Crippen LogP contribution in [0.1, 0.15) is 30.7 Å². The second-order valence-corrected chi connectivity index (χ2v) is 6.88. The van der Waals surface area contributed by atoms with Gasteiger partial charge in [-0.3, -0.25) is 9.48 Å². The van der Waals surface area contributed by atoms with Crippen molar-refractivity contribution in [2.24, 2.45) is 13.0 Å². The SMILES string of the molecule is Cn1cc([C@H]2C[C@H]2C(=O)N2CCC(N3CCNC3=O)CC2)cn1. The number of likely N-dealkylation sites (tertiary alicyclic amines) is 1. The fraction of sp³-hybridized carbons (Fsp3) is 0.688. The summed E-state index contributed by atoms with van der Waals surface area (Å²) in [6.07, 6.45) is 6.61. The van der Waals surface area contributed by atoms with Crippen LogP contribution < -0.4 is 5.32 Å². The number of carbonyl (C=O) groups is 2. The van der Waals surface area contributed by atoms with Crippen molar-refractivity contribution in [3.05, 3.63) is 18.0 Å². The van der Waals surface area contributed by atoms with E-state index in [4.69, 9.17) is 0 Å². The highest BCUT2D eigenvalue weighted by atomic mass is 16.2. The molecule has 7 heteroatoms. The zero-order valence-electron chi connectivity index (χ0n) is 13.4. The number of nitrogens with zero attached hydrogens (tertiary/aromatic N) is 4. The Bertz CT molecular complexity index is 620. The van der Waals surface area contributed by atoms with Crippen molar-refractivity contribution >= 4 is 11.9 Å². The van der Waals surface area contributed by atoms with E-state index in [1.54, 1.807) is 4.68 Å². The molecule has 3 fully saturated rings. The Balaban J connectivity index is 1.31. The molecular formula is C16H23N5O2. The highest BCUT2D eigenvalue weighted by Crippen LogP contribution is 2.48. The van der Waals surface area contributed by atoms with Gasteiger partial charge in [0.25, 0.3) is 0 Å². The summed E-state index contributed by atoms with van der Waals surface area (Å²) >= 11 is 0. The van der Waals surface area contributed by atoms with Crippen LogP contribution in [0.2, 0.25) is 0 Å². The van der Waals surface area contributed by atoms with E-state index in [0.29, 0.717) is 5.92 Å². The van der Waals surface area contributed by atoms with E-state index in [1.807, 2.05) is 29.2 Å². The molecule has 0 aromatic carbocycles. The molecule has 3 amide bonds. The molecule has 2 atom stereocenters. The zero-order chi connectivity index (χ0) is 16.0. The van der Waals surface area contributed by atoms with Gasteiger partial charge in [0.1, 0.15) is 0 Å². The van der Waals surface area contributed by atoms with Gasteiger partial charge in [-0.25, -0.2) is 4.79 Å². The van der Waals surface area contributed by atoms with Crippen molar-refractivity contribution in [3.8, 4) is 0 Å². The third kappa shape index (κ3) is 2.68. The number of piperidine rings is 1. The second kappa shape index (κ2) is 5.54. The molecule has 1 N–H and O–H groups in total. The molecule has 23 heavy (non-hydrogen) atoms. The smallest absolute Gasteiger partial charge is 0.317 e. The summed E-state index contributed by atoms with van der Waals surface area (Å²) in [7, 11) is 1.90. The molecule has 2 aliphatic heterocycles. The van der Waals surface area contributed by atoms with Crippen molar-refractivity contribution < 1.29 is 9.59 Å². The van der Waals surface area contributed by atoms with Crippen molar-refractivity contribution in [1.82, 2.24) is 24.9 Å². The van der Waals surface area contributed by atoms with Crippen LogP contribution in [0, 0.1) is 5.92 Å². The van der Waals surface area contributed by atoms with Gasteiger partial charge in [0.05, 0.1) is 6.20 Å². The molecule has 4 rings (SSSR count). The molecule has 0 radical (unpaired) electrons. The first-order valence-corrected chi connectivity index (χ1v) is 8.45. The molecule has 7 nitrogen and oxygen atoms in total. The van der Waals surface area contributed by atoms with Gasteiger partial charge in [0.2, 0.25) is 5.91 Å². The van der Waals surface area contributed by atoms with Gasteiger partial charge in [0.15, 0.2) is 0 Å². The maximum atomic E-state index is 12.6. The first-order chi connectivity index (χ1) is 11.1. The first kappa shape index (κ1) is 14.5. The Hall–Kier alpha value is -2.05. The normalized spacial score (nSPS) is 28.1. The van der Waals surface area contributed by atoms with Gasteiger partial charge >= 0.3 is 6.03 Å². The van der Waals surface area contributed by atoms with Crippen molar-refractivity contribution in [2.75, 3.05) is 26.2 Å². The lowest BCUT2D eigenvalue weighted by molar-refractivity contribution is -0.134. The highest BCUT2D eigenvalue weighted by molar-refractivity contribution is 5.83. The Morgan fingerprint density at radius 3 is 2.70 bits per heavy atom. The molecule has 0 spiro atoms. The fourth-order valence-corrected chi connectivity index (χ4v) is 3.94. The van der Waals surface area contributed by atoms with E-state index in [0.717, 1.165) is 45.4 Å². The number of urea groups is 1. The lowest BCUT2D eigenvalue weighted by atomic mass is 10.0. The summed E-state index contributed by atoms with van der Waals surface area (Å²) in [5, 5.41) is 7.05. The molecular weight excluding hydrogens is 294 g/mol. The molecule has 124 valence electrons.